The van der Waals surface area contributed by atoms with Crippen LogP contribution in [-0.4, -0.2) is 10.1 Å². The van der Waals surface area contributed by atoms with Crippen molar-refractivity contribution >= 4 is 0 Å². The van der Waals surface area contributed by atoms with E-state index in [9.17, 15) is 4.39 Å². The second-order valence-corrected chi connectivity index (χ2v) is 4.93. The number of hydrogen-bond donors (Lipinski definition) is 1. The molecule has 0 fully saturated rings. The summed E-state index contributed by atoms with van der Waals surface area (Å²) < 4.78 is 23.5. The lowest BCUT2D eigenvalue weighted by Crippen LogP contribution is -2.33. The molecule has 0 radical (unpaired) electrons. The first-order valence-electron chi connectivity index (χ1n) is 6.51. The molecule has 0 bridgehead atoms. The van der Waals surface area contributed by atoms with Crippen LogP contribution >= 0.6 is 0 Å². The van der Waals surface area contributed by atoms with E-state index in [4.69, 9.17) is 15.0 Å². The lowest BCUT2D eigenvalue weighted by atomic mass is 9.98. The standard InChI is InChI=1S/C14H18FN3O2/c1-3-7-14(2,16)13-17-12(18-20-13)9-19-11-6-4-5-10(15)8-11/h4-6,8H,3,7,9,16H2,1-2H3. The van der Waals surface area contributed by atoms with Gasteiger partial charge in [0, 0.05) is 6.07 Å². The van der Waals surface area contributed by atoms with Gasteiger partial charge < -0.3 is 15.0 Å². The average molecular weight is 279 g/mol. The Hall–Kier alpha value is -1.95. The summed E-state index contributed by atoms with van der Waals surface area (Å²) in [4.78, 5) is 4.22. The smallest absolute Gasteiger partial charge is 0.246 e. The van der Waals surface area contributed by atoms with Crippen molar-refractivity contribution in [3.05, 3.63) is 41.8 Å². The van der Waals surface area contributed by atoms with Gasteiger partial charge >= 0.3 is 0 Å². The van der Waals surface area contributed by atoms with Crippen LogP contribution in [-0.2, 0) is 12.1 Å². The monoisotopic (exact) mass is 279 g/mol. The van der Waals surface area contributed by atoms with Gasteiger partial charge in [-0.2, -0.15) is 4.98 Å². The quantitative estimate of drug-likeness (QED) is 0.880. The molecule has 2 rings (SSSR count). The molecule has 5 nitrogen and oxygen atoms in total. The van der Waals surface area contributed by atoms with E-state index in [1.54, 1.807) is 12.1 Å². The van der Waals surface area contributed by atoms with Crippen molar-refractivity contribution in [2.45, 2.75) is 38.8 Å². The van der Waals surface area contributed by atoms with Gasteiger partial charge in [-0.1, -0.05) is 24.6 Å². The fourth-order valence-corrected chi connectivity index (χ4v) is 1.88. The first-order valence-corrected chi connectivity index (χ1v) is 6.51. The normalized spacial score (nSPS) is 14.0. The van der Waals surface area contributed by atoms with Crippen LogP contribution in [0.3, 0.4) is 0 Å². The largest absolute Gasteiger partial charge is 0.485 e. The second kappa shape index (κ2) is 6.00. The predicted molar refractivity (Wildman–Crippen MR) is 71.5 cm³/mol. The topological polar surface area (TPSA) is 74.2 Å². The molecule has 0 amide bonds. The highest BCUT2D eigenvalue weighted by Crippen LogP contribution is 2.21. The number of hydrogen-bond acceptors (Lipinski definition) is 5. The minimum Gasteiger partial charge on any atom is -0.485 e. The average Bonchev–Trinajstić information content (AvgIpc) is 2.86. The van der Waals surface area contributed by atoms with Gasteiger partial charge in [0.25, 0.3) is 0 Å². The van der Waals surface area contributed by atoms with Crippen molar-refractivity contribution in [1.29, 1.82) is 0 Å². The number of benzene rings is 1. The first kappa shape index (κ1) is 14.5. The van der Waals surface area contributed by atoms with Gasteiger partial charge in [0.15, 0.2) is 6.61 Å². The Balaban J connectivity index is 2.00. The van der Waals surface area contributed by atoms with Gasteiger partial charge in [-0.25, -0.2) is 4.39 Å². The van der Waals surface area contributed by atoms with E-state index >= 15 is 0 Å². The predicted octanol–water partition coefficient (Wildman–Crippen LogP) is 2.76. The lowest BCUT2D eigenvalue weighted by molar-refractivity contribution is 0.268. The van der Waals surface area contributed by atoms with Gasteiger partial charge in [0.05, 0.1) is 5.54 Å². The van der Waals surface area contributed by atoms with Crippen LogP contribution in [0.25, 0.3) is 0 Å². The molecule has 1 heterocycles. The number of nitrogens with two attached hydrogens (primary N) is 1. The number of nitrogens with zero attached hydrogens (tertiary/aromatic N) is 2. The van der Waals surface area contributed by atoms with E-state index in [-0.39, 0.29) is 12.4 Å². The Bertz CT molecular complexity index is 569. The van der Waals surface area contributed by atoms with Crippen LogP contribution in [0.15, 0.2) is 28.8 Å². The van der Waals surface area contributed by atoms with Gasteiger partial charge in [-0.3, -0.25) is 0 Å². The molecule has 1 unspecified atom stereocenters. The van der Waals surface area contributed by atoms with Crippen LogP contribution < -0.4 is 10.5 Å². The molecule has 0 spiro atoms. The Morgan fingerprint density at radius 3 is 2.95 bits per heavy atom. The summed E-state index contributed by atoms with van der Waals surface area (Å²) in [6.07, 6.45) is 1.67. The van der Waals surface area contributed by atoms with Crippen LogP contribution in [0.5, 0.6) is 5.75 Å². The molecule has 108 valence electrons. The molecule has 0 saturated carbocycles. The second-order valence-electron chi connectivity index (χ2n) is 4.93. The number of halogens is 1. The van der Waals surface area contributed by atoms with Crippen LogP contribution in [0.4, 0.5) is 4.39 Å². The van der Waals surface area contributed by atoms with Crippen molar-refractivity contribution in [3.8, 4) is 5.75 Å². The van der Waals surface area contributed by atoms with Crippen molar-refractivity contribution in [2.24, 2.45) is 5.73 Å². The maximum absolute atomic E-state index is 13.0. The van der Waals surface area contributed by atoms with Gasteiger partial charge in [0.1, 0.15) is 11.6 Å². The van der Waals surface area contributed by atoms with E-state index < -0.39 is 5.54 Å². The first-order chi connectivity index (χ1) is 9.51. The zero-order chi connectivity index (χ0) is 14.6. The fraction of sp³-hybridized carbons (Fsp3) is 0.429. The summed E-state index contributed by atoms with van der Waals surface area (Å²) >= 11 is 0. The summed E-state index contributed by atoms with van der Waals surface area (Å²) in [5.74, 6) is 0.837. The van der Waals surface area contributed by atoms with Crippen molar-refractivity contribution in [3.63, 3.8) is 0 Å². The third kappa shape index (κ3) is 3.54. The Labute approximate surface area is 116 Å². The third-order valence-corrected chi connectivity index (χ3v) is 2.89. The number of rotatable bonds is 6. The zero-order valence-corrected chi connectivity index (χ0v) is 11.6. The zero-order valence-electron chi connectivity index (χ0n) is 11.6. The highest BCUT2D eigenvalue weighted by Gasteiger charge is 2.27. The van der Waals surface area contributed by atoms with Crippen LogP contribution in [0, 0.1) is 5.82 Å². The van der Waals surface area contributed by atoms with E-state index in [0.29, 0.717) is 17.5 Å². The summed E-state index contributed by atoms with van der Waals surface area (Å²) in [6, 6.07) is 5.88. The summed E-state index contributed by atoms with van der Waals surface area (Å²) in [5, 5.41) is 3.82. The Morgan fingerprint density at radius 2 is 2.25 bits per heavy atom. The molecule has 1 aromatic heterocycles. The number of ether oxygens (including phenoxy) is 1. The molecule has 0 saturated heterocycles. The maximum atomic E-state index is 13.0. The third-order valence-electron chi connectivity index (χ3n) is 2.89. The van der Waals surface area contributed by atoms with Gasteiger partial charge in [-0.15, -0.1) is 0 Å². The van der Waals surface area contributed by atoms with E-state index in [1.807, 2.05) is 13.8 Å². The minimum absolute atomic E-state index is 0.106. The molecule has 1 aromatic carbocycles. The van der Waals surface area contributed by atoms with E-state index in [0.717, 1.165) is 12.8 Å². The number of aromatic nitrogens is 2. The molecule has 1 atom stereocenters. The highest BCUT2D eigenvalue weighted by atomic mass is 19.1. The molecular weight excluding hydrogens is 261 g/mol. The highest BCUT2D eigenvalue weighted by molar-refractivity contribution is 5.22. The molecule has 0 aliphatic heterocycles. The lowest BCUT2D eigenvalue weighted by Gasteiger charge is -2.18. The molecule has 2 N–H and O–H groups in total. The summed E-state index contributed by atoms with van der Waals surface area (Å²) in [7, 11) is 0. The van der Waals surface area contributed by atoms with Crippen molar-refractivity contribution < 1.29 is 13.7 Å². The van der Waals surface area contributed by atoms with Crippen LogP contribution in [0.1, 0.15) is 38.4 Å². The molecule has 0 aliphatic carbocycles. The van der Waals surface area contributed by atoms with E-state index in [2.05, 4.69) is 10.1 Å². The Kier molecular flexibility index (Phi) is 4.34. The molecule has 0 aliphatic rings. The molecule has 20 heavy (non-hydrogen) atoms. The maximum Gasteiger partial charge on any atom is 0.246 e. The van der Waals surface area contributed by atoms with Gasteiger partial charge in [-0.05, 0) is 25.5 Å². The molecular formula is C14H18FN3O2. The van der Waals surface area contributed by atoms with Crippen molar-refractivity contribution in [2.75, 3.05) is 0 Å². The van der Waals surface area contributed by atoms with E-state index in [1.165, 1.54) is 12.1 Å². The summed E-state index contributed by atoms with van der Waals surface area (Å²) in [6.45, 7) is 3.99. The molecule has 6 heteroatoms. The summed E-state index contributed by atoms with van der Waals surface area (Å²) in [5.41, 5.74) is 5.46. The minimum atomic E-state index is -0.640. The fourth-order valence-electron chi connectivity index (χ4n) is 1.88. The molecule has 2 aromatic rings. The van der Waals surface area contributed by atoms with Crippen LogP contribution in [0.2, 0.25) is 0 Å². The van der Waals surface area contributed by atoms with Gasteiger partial charge in [0.2, 0.25) is 11.7 Å². The Morgan fingerprint density at radius 1 is 1.45 bits per heavy atom. The SMILES string of the molecule is CCCC(C)(N)c1nc(COc2cccc(F)c2)no1. The van der Waals surface area contributed by atoms with Crippen molar-refractivity contribution in [1.82, 2.24) is 10.1 Å².